The van der Waals surface area contributed by atoms with Gasteiger partial charge in [-0.2, -0.15) is 0 Å². The maximum absolute atomic E-state index is 4.33. The Morgan fingerprint density at radius 2 is 2.31 bits per heavy atom. The van der Waals surface area contributed by atoms with Crippen LogP contribution in [0.2, 0.25) is 0 Å². The lowest BCUT2D eigenvalue weighted by molar-refractivity contribution is 0.690. The van der Waals surface area contributed by atoms with E-state index in [2.05, 4.69) is 33.2 Å². The number of hydrogen-bond donors (Lipinski definition) is 1. The molecule has 2 nitrogen and oxygen atoms in total. The number of pyridine rings is 1. The van der Waals surface area contributed by atoms with Gasteiger partial charge in [0.1, 0.15) is 10.4 Å². The lowest BCUT2D eigenvalue weighted by Crippen LogP contribution is -2.17. The van der Waals surface area contributed by atoms with Crippen molar-refractivity contribution in [3.05, 3.63) is 22.8 Å². The first-order chi connectivity index (χ1) is 6.25. The van der Waals surface area contributed by atoms with Gasteiger partial charge >= 0.3 is 0 Å². The van der Waals surface area contributed by atoms with Crippen LogP contribution >= 0.6 is 15.9 Å². The van der Waals surface area contributed by atoms with E-state index in [1.807, 2.05) is 18.2 Å². The third-order valence-electron chi connectivity index (χ3n) is 2.42. The standard InChI is InChI=1S/C10H13BrN2/c1-7(8-5-6-8)12-10-4-2-3-9(11)13-10/h2-4,7-8H,5-6H2,1H3,(H,12,13). The van der Waals surface area contributed by atoms with Gasteiger partial charge in [0.05, 0.1) is 0 Å². The second-order valence-corrected chi connectivity index (χ2v) is 4.43. The van der Waals surface area contributed by atoms with Gasteiger partial charge < -0.3 is 5.32 Å². The monoisotopic (exact) mass is 240 g/mol. The predicted molar refractivity (Wildman–Crippen MR) is 57.7 cm³/mol. The molecular weight excluding hydrogens is 228 g/mol. The average molecular weight is 241 g/mol. The summed E-state index contributed by atoms with van der Waals surface area (Å²) in [6.07, 6.45) is 2.73. The van der Waals surface area contributed by atoms with Crippen LogP contribution in [-0.2, 0) is 0 Å². The summed E-state index contributed by atoms with van der Waals surface area (Å²) in [5.41, 5.74) is 0. The highest BCUT2D eigenvalue weighted by molar-refractivity contribution is 9.10. The molecule has 1 N–H and O–H groups in total. The quantitative estimate of drug-likeness (QED) is 0.822. The minimum atomic E-state index is 0.557. The second kappa shape index (κ2) is 3.66. The molecular formula is C10H13BrN2. The molecule has 1 aliphatic carbocycles. The summed E-state index contributed by atoms with van der Waals surface area (Å²) in [6, 6.07) is 6.50. The Kier molecular flexibility index (Phi) is 2.54. The highest BCUT2D eigenvalue weighted by Gasteiger charge is 2.27. The fraction of sp³-hybridized carbons (Fsp3) is 0.500. The molecule has 3 heteroatoms. The molecule has 0 spiro atoms. The smallest absolute Gasteiger partial charge is 0.127 e. The molecule has 0 amide bonds. The van der Waals surface area contributed by atoms with E-state index in [1.165, 1.54) is 12.8 Å². The van der Waals surface area contributed by atoms with Crippen molar-refractivity contribution in [2.24, 2.45) is 5.92 Å². The minimum Gasteiger partial charge on any atom is -0.367 e. The van der Waals surface area contributed by atoms with E-state index in [-0.39, 0.29) is 0 Å². The Balaban J connectivity index is 2.00. The first kappa shape index (κ1) is 9.00. The maximum atomic E-state index is 4.33. The second-order valence-electron chi connectivity index (χ2n) is 3.62. The van der Waals surface area contributed by atoms with E-state index in [0.29, 0.717) is 6.04 Å². The molecule has 1 aromatic heterocycles. The fourth-order valence-electron chi connectivity index (χ4n) is 1.44. The van der Waals surface area contributed by atoms with Crippen molar-refractivity contribution in [1.82, 2.24) is 4.98 Å². The van der Waals surface area contributed by atoms with Gasteiger partial charge in [-0.15, -0.1) is 0 Å². The molecule has 1 aliphatic rings. The summed E-state index contributed by atoms with van der Waals surface area (Å²) in [5.74, 6) is 1.83. The van der Waals surface area contributed by atoms with Crippen molar-refractivity contribution >= 4 is 21.7 Å². The molecule has 1 saturated carbocycles. The van der Waals surface area contributed by atoms with Crippen molar-refractivity contribution in [1.29, 1.82) is 0 Å². The normalized spacial score (nSPS) is 18.3. The van der Waals surface area contributed by atoms with Gasteiger partial charge in [-0.05, 0) is 53.7 Å². The Labute approximate surface area is 86.9 Å². The Morgan fingerprint density at radius 3 is 2.92 bits per heavy atom. The van der Waals surface area contributed by atoms with Crippen LogP contribution in [0.3, 0.4) is 0 Å². The maximum Gasteiger partial charge on any atom is 0.127 e. The van der Waals surface area contributed by atoms with Gasteiger partial charge in [0, 0.05) is 6.04 Å². The lowest BCUT2D eigenvalue weighted by Gasteiger charge is -2.12. The molecule has 13 heavy (non-hydrogen) atoms. The molecule has 1 atom stereocenters. The third kappa shape index (κ3) is 2.44. The summed E-state index contributed by atoms with van der Waals surface area (Å²) in [6.45, 7) is 2.22. The number of nitrogens with one attached hydrogen (secondary N) is 1. The number of aromatic nitrogens is 1. The van der Waals surface area contributed by atoms with Crippen LogP contribution in [0.1, 0.15) is 19.8 Å². The Hall–Kier alpha value is -0.570. The fourth-order valence-corrected chi connectivity index (χ4v) is 1.78. The third-order valence-corrected chi connectivity index (χ3v) is 2.86. The Morgan fingerprint density at radius 1 is 1.54 bits per heavy atom. The summed E-state index contributed by atoms with van der Waals surface area (Å²) in [7, 11) is 0. The van der Waals surface area contributed by atoms with E-state index >= 15 is 0 Å². The van der Waals surface area contributed by atoms with Gasteiger partial charge in [-0.1, -0.05) is 6.07 Å². The van der Waals surface area contributed by atoms with Crippen molar-refractivity contribution in [3.8, 4) is 0 Å². The summed E-state index contributed by atoms with van der Waals surface area (Å²) >= 11 is 3.35. The number of halogens is 1. The van der Waals surface area contributed by atoms with Crippen LogP contribution < -0.4 is 5.32 Å². The summed E-state index contributed by atoms with van der Waals surface area (Å²) < 4.78 is 0.889. The largest absolute Gasteiger partial charge is 0.367 e. The van der Waals surface area contributed by atoms with Crippen molar-refractivity contribution in [3.63, 3.8) is 0 Å². The van der Waals surface area contributed by atoms with Crippen LogP contribution in [0.4, 0.5) is 5.82 Å². The van der Waals surface area contributed by atoms with E-state index in [0.717, 1.165) is 16.3 Å². The zero-order chi connectivity index (χ0) is 9.26. The van der Waals surface area contributed by atoms with E-state index in [1.54, 1.807) is 0 Å². The SMILES string of the molecule is CC(Nc1cccc(Br)n1)C1CC1. The number of anilines is 1. The zero-order valence-electron chi connectivity index (χ0n) is 7.63. The summed E-state index contributed by atoms with van der Waals surface area (Å²) in [5, 5.41) is 3.40. The van der Waals surface area contributed by atoms with Gasteiger partial charge in [-0.25, -0.2) is 4.98 Å². The highest BCUT2D eigenvalue weighted by Crippen LogP contribution is 2.33. The van der Waals surface area contributed by atoms with Gasteiger partial charge in [0.25, 0.3) is 0 Å². The minimum absolute atomic E-state index is 0.557. The first-order valence-corrected chi connectivity index (χ1v) is 5.44. The molecule has 0 saturated heterocycles. The van der Waals surface area contributed by atoms with Crippen LogP contribution in [0.5, 0.6) is 0 Å². The highest BCUT2D eigenvalue weighted by atomic mass is 79.9. The van der Waals surface area contributed by atoms with Gasteiger partial charge in [-0.3, -0.25) is 0 Å². The van der Waals surface area contributed by atoms with Crippen LogP contribution in [0, 0.1) is 5.92 Å². The van der Waals surface area contributed by atoms with Crippen LogP contribution in [0.15, 0.2) is 22.8 Å². The predicted octanol–water partition coefficient (Wildman–Crippen LogP) is 3.05. The molecule has 0 radical (unpaired) electrons. The lowest BCUT2D eigenvalue weighted by atomic mass is 10.2. The number of nitrogens with zero attached hydrogens (tertiary/aromatic N) is 1. The number of rotatable bonds is 3. The summed E-state index contributed by atoms with van der Waals surface area (Å²) in [4.78, 5) is 4.33. The molecule has 1 heterocycles. The topological polar surface area (TPSA) is 24.9 Å². The van der Waals surface area contributed by atoms with E-state index in [9.17, 15) is 0 Å². The molecule has 0 bridgehead atoms. The van der Waals surface area contributed by atoms with Crippen molar-refractivity contribution in [2.75, 3.05) is 5.32 Å². The van der Waals surface area contributed by atoms with Gasteiger partial charge in [0.2, 0.25) is 0 Å². The van der Waals surface area contributed by atoms with Gasteiger partial charge in [0.15, 0.2) is 0 Å². The van der Waals surface area contributed by atoms with E-state index < -0.39 is 0 Å². The zero-order valence-corrected chi connectivity index (χ0v) is 9.21. The van der Waals surface area contributed by atoms with Crippen molar-refractivity contribution in [2.45, 2.75) is 25.8 Å². The average Bonchev–Trinajstić information content (AvgIpc) is 2.85. The molecule has 70 valence electrons. The molecule has 0 aromatic carbocycles. The molecule has 0 aliphatic heterocycles. The van der Waals surface area contributed by atoms with Crippen LogP contribution in [-0.4, -0.2) is 11.0 Å². The molecule has 1 fully saturated rings. The van der Waals surface area contributed by atoms with Crippen LogP contribution in [0.25, 0.3) is 0 Å². The molecule has 1 aromatic rings. The van der Waals surface area contributed by atoms with Crippen molar-refractivity contribution < 1.29 is 0 Å². The number of hydrogen-bond acceptors (Lipinski definition) is 2. The molecule has 2 rings (SSSR count). The van der Waals surface area contributed by atoms with E-state index in [4.69, 9.17) is 0 Å². The first-order valence-electron chi connectivity index (χ1n) is 4.65. The Bertz CT molecular complexity index is 297. The molecule has 1 unspecified atom stereocenters.